The maximum atomic E-state index is 12.8. The molecule has 0 aromatic rings. The number of alkyl halides is 9. The lowest BCUT2D eigenvalue weighted by Gasteiger charge is -2.35. The number of carbonyl (C=O) groups is 1. The first-order chi connectivity index (χ1) is 8.16. The fourth-order valence-corrected chi connectivity index (χ4v) is 0.835. The first kappa shape index (κ1) is 17.6. The minimum absolute atomic E-state index is 1.91. The van der Waals surface area contributed by atoms with Crippen molar-refractivity contribution >= 4 is 5.97 Å². The number of rotatable bonds is 6. The van der Waals surface area contributed by atoms with Gasteiger partial charge in [-0.05, 0) is 0 Å². The SMILES string of the molecule is C=C(C(=O)O)C(F)(F)C(F)(F)C(F)(F)C(F)(F)CF. The maximum absolute atomic E-state index is 12.8. The van der Waals surface area contributed by atoms with Gasteiger partial charge in [-0.15, -0.1) is 0 Å². The van der Waals surface area contributed by atoms with E-state index in [1.165, 1.54) is 0 Å². The summed E-state index contributed by atoms with van der Waals surface area (Å²) in [6.45, 7) is -1.43. The van der Waals surface area contributed by atoms with Crippen LogP contribution in [0.2, 0.25) is 0 Å². The molecule has 0 aliphatic rings. The molecule has 1 N–H and O–H groups in total. The minimum atomic E-state index is -6.86. The average Bonchev–Trinajstić information content (AvgIpc) is 2.26. The molecule has 0 heterocycles. The van der Waals surface area contributed by atoms with E-state index >= 15 is 0 Å². The Balaban J connectivity index is 5.86. The van der Waals surface area contributed by atoms with Crippen LogP contribution in [0.25, 0.3) is 0 Å². The first-order valence-corrected chi connectivity index (χ1v) is 4.16. The monoisotopic (exact) mass is 304 g/mol. The van der Waals surface area contributed by atoms with Crippen LogP contribution in [0.4, 0.5) is 39.5 Å². The summed E-state index contributed by atoms with van der Waals surface area (Å²) in [4.78, 5) is 10.0. The van der Waals surface area contributed by atoms with Crippen LogP contribution >= 0.6 is 0 Å². The lowest BCUT2D eigenvalue weighted by Crippen LogP contribution is -2.63. The zero-order valence-corrected chi connectivity index (χ0v) is 8.67. The molecule has 0 aromatic carbocycles. The second-order valence-corrected chi connectivity index (χ2v) is 3.34. The molecular weight excluding hydrogens is 299 g/mol. The van der Waals surface area contributed by atoms with E-state index in [4.69, 9.17) is 5.11 Å². The molecule has 11 heteroatoms. The van der Waals surface area contributed by atoms with Gasteiger partial charge in [0, 0.05) is 0 Å². The van der Waals surface area contributed by atoms with E-state index in [1.54, 1.807) is 0 Å². The molecule has 0 amide bonds. The van der Waals surface area contributed by atoms with E-state index in [-0.39, 0.29) is 0 Å². The van der Waals surface area contributed by atoms with E-state index in [9.17, 15) is 44.3 Å². The summed E-state index contributed by atoms with van der Waals surface area (Å²) in [7, 11) is 0. The second kappa shape index (κ2) is 4.60. The second-order valence-electron chi connectivity index (χ2n) is 3.34. The smallest absolute Gasteiger partial charge is 0.382 e. The Morgan fingerprint density at radius 2 is 1.32 bits per heavy atom. The normalized spacial score (nSPS) is 14.4. The highest BCUT2D eigenvalue weighted by Gasteiger charge is 2.81. The lowest BCUT2D eigenvalue weighted by molar-refractivity contribution is -0.358. The molecule has 0 saturated carbocycles. The molecule has 0 aliphatic heterocycles. The third kappa shape index (κ3) is 2.37. The Labute approximate surface area is 99.0 Å². The predicted molar refractivity (Wildman–Crippen MR) is 42.5 cm³/mol. The van der Waals surface area contributed by atoms with Gasteiger partial charge in [0.25, 0.3) is 0 Å². The van der Waals surface area contributed by atoms with Gasteiger partial charge in [-0.25, -0.2) is 9.18 Å². The first-order valence-electron chi connectivity index (χ1n) is 4.16. The summed E-state index contributed by atoms with van der Waals surface area (Å²) in [5.74, 6) is -28.8. The van der Waals surface area contributed by atoms with Crippen LogP contribution in [0.15, 0.2) is 12.2 Å². The number of carboxylic acids is 1. The Bertz CT molecular complexity index is 388. The van der Waals surface area contributed by atoms with Crippen molar-refractivity contribution in [1.82, 2.24) is 0 Å². The summed E-state index contributed by atoms with van der Waals surface area (Å²) < 4.78 is 113. The summed E-state index contributed by atoms with van der Waals surface area (Å²) in [6.07, 6.45) is 0. The van der Waals surface area contributed by atoms with Crippen molar-refractivity contribution in [3.8, 4) is 0 Å². The summed E-state index contributed by atoms with van der Waals surface area (Å²) in [5, 5.41) is 7.99. The van der Waals surface area contributed by atoms with Gasteiger partial charge in [0.05, 0.1) is 0 Å². The zero-order valence-electron chi connectivity index (χ0n) is 8.67. The van der Waals surface area contributed by atoms with E-state index in [2.05, 4.69) is 0 Å². The van der Waals surface area contributed by atoms with Crippen molar-refractivity contribution in [2.45, 2.75) is 23.7 Å². The fraction of sp³-hybridized carbons (Fsp3) is 0.625. The van der Waals surface area contributed by atoms with Gasteiger partial charge < -0.3 is 5.11 Å². The molecule has 0 aromatic heterocycles. The standard InChI is InChI=1S/C8H5F9O2/c1-3(4(18)19)6(12,13)8(16,17)7(14,15)5(10,11)2-9/h1-2H2,(H,18,19). The van der Waals surface area contributed by atoms with E-state index < -0.39 is 41.9 Å². The highest BCUT2D eigenvalue weighted by molar-refractivity contribution is 5.88. The molecule has 0 aliphatic carbocycles. The minimum Gasteiger partial charge on any atom is -0.478 e. The highest BCUT2D eigenvalue weighted by atomic mass is 19.4. The number of hydrogen-bond donors (Lipinski definition) is 1. The van der Waals surface area contributed by atoms with E-state index in [0.717, 1.165) is 0 Å². The molecule has 0 fully saturated rings. The van der Waals surface area contributed by atoms with Crippen LogP contribution < -0.4 is 0 Å². The predicted octanol–water partition coefficient (Wildman–Crippen LogP) is 3.14. The Kier molecular flexibility index (Phi) is 4.26. The van der Waals surface area contributed by atoms with Crippen molar-refractivity contribution in [2.24, 2.45) is 0 Å². The molecule has 0 spiro atoms. The quantitative estimate of drug-likeness (QED) is 0.604. The van der Waals surface area contributed by atoms with Gasteiger partial charge in [0.1, 0.15) is 5.57 Å². The van der Waals surface area contributed by atoms with Crippen molar-refractivity contribution in [3.05, 3.63) is 12.2 Å². The van der Waals surface area contributed by atoms with Crippen molar-refractivity contribution in [1.29, 1.82) is 0 Å². The van der Waals surface area contributed by atoms with Crippen LogP contribution in [0.3, 0.4) is 0 Å². The molecule has 19 heavy (non-hydrogen) atoms. The molecule has 0 radical (unpaired) electrons. The molecular formula is C8H5F9O2. The van der Waals surface area contributed by atoms with Crippen LogP contribution in [0, 0.1) is 0 Å². The molecule has 0 atom stereocenters. The topological polar surface area (TPSA) is 37.3 Å². The molecule has 0 rings (SSSR count). The third-order valence-electron chi connectivity index (χ3n) is 2.05. The Morgan fingerprint density at radius 3 is 1.58 bits per heavy atom. The Hall–Kier alpha value is -1.42. The van der Waals surface area contributed by atoms with Crippen LogP contribution in [0.5, 0.6) is 0 Å². The number of carboxylic acid groups (broad SMARTS) is 1. The maximum Gasteiger partial charge on any atom is 0.382 e. The number of hydrogen-bond acceptors (Lipinski definition) is 1. The summed E-state index contributed by atoms with van der Waals surface area (Å²) >= 11 is 0. The largest absolute Gasteiger partial charge is 0.478 e. The summed E-state index contributed by atoms with van der Waals surface area (Å²) in [5.41, 5.74) is -2.73. The molecule has 0 unspecified atom stereocenters. The Morgan fingerprint density at radius 1 is 0.947 bits per heavy atom. The fourth-order valence-electron chi connectivity index (χ4n) is 0.835. The third-order valence-corrected chi connectivity index (χ3v) is 2.05. The summed E-state index contributed by atoms with van der Waals surface area (Å²) in [6, 6.07) is 0. The lowest BCUT2D eigenvalue weighted by atomic mass is 9.94. The number of aliphatic carboxylic acids is 1. The van der Waals surface area contributed by atoms with Crippen molar-refractivity contribution in [3.63, 3.8) is 0 Å². The van der Waals surface area contributed by atoms with E-state index in [1.807, 2.05) is 6.58 Å². The van der Waals surface area contributed by atoms with E-state index in [0.29, 0.717) is 0 Å². The van der Waals surface area contributed by atoms with Gasteiger partial charge in [0.15, 0.2) is 6.67 Å². The molecule has 2 nitrogen and oxygen atoms in total. The van der Waals surface area contributed by atoms with Gasteiger partial charge in [-0.3, -0.25) is 0 Å². The van der Waals surface area contributed by atoms with Crippen molar-refractivity contribution < 1.29 is 49.4 Å². The van der Waals surface area contributed by atoms with Gasteiger partial charge in [0.2, 0.25) is 0 Å². The molecule has 0 saturated heterocycles. The zero-order chi connectivity index (χ0) is 15.9. The van der Waals surface area contributed by atoms with Gasteiger partial charge in [-0.1, -0.05) is 6.58 Å². The average molecular weight is 304 g/mol. The molecule has 112 valence electrons. The van der Waals surface area contributed by atoms with Gasteiger partial charge >= 0.3 is 29.7 Å². The molecule has 0 bridgehead atoms. The number of halogens is 9. The van der Waals surface area contributed by atoms with Crippen LogP contribution in [-0.4, -0.2) is 41.4 Å². The van der Waals surface area contributed by atoms with Gasteiger partial charge in [-0.2, -0.15) is 35.1 Å². The highest BCUT2D eigenvalue weighted by Crippen LogP contribution is 2.54. The van der Waals surface area contributed by atoms with Crippen LogP contribution in [-0.2, 0) is 4.79 Å². The van der Waals surface area contributed by atoms with Crippen molar-refractivity contribution in [2.75, 3.05) is 6.67 Å². The van der Waals surface area contributed by atoms with Crippen LogP contribution in [0.1, 0.15) is 0 Å².